The molecule has 0 atom stereocenters. The molecule has 0 spiro atoms. The smallest absolute Gasteiger partial charge is 0.411 e. The van der Waals surface area contributed by atoms with E-state index in [9.17, 15) is 22.4 Å². The van der Waals surface area contributed by atoms with Gasteiger partial charge in [-0.1, -0.05) is 0 Å². The molecule has 0 aliphatic rings. The summed E-state index contributed by atoms with van der Waals surface area (Å²) in [4.78, 5) is 10.9. The van der Waals surface area contributed by atoms with Crippen LogP contribution in [0.15, 0.2) is 18.2 Å². The summed E-state index contributed by atoms with van der Waals surface area (Å²) in [7, 11) is 0. The minimum absolute atomic E-state index is 0.149. The molecule has 0 unspecified atom stereocenters. The highest BCUT2D eigenvalue weighted by Crippen LogP contribution is 2.19. The molecule has 0 radical (unpaired) electrons. The molecule has 0 aliphatic heterocycles. The molecule has 0 amide bonds. The number of ether oxygens (including phenoxy) is 2. The first-order chi connectivity index (χ1) is 8.29. The topological polar surface area (TPSA) is 35.5 Å². The van der Waals surface area contributed by atoms with Gasteiger partial charge < -0.3 is 9.47 Å². The highest BCUT2D eigenvalue weighted by molar-refractivity contribution is 5.94. The van der Waals surface area contributed by atoms with E-state index in [0.29, 0.717) is 0 Å². The molecule has 0 saturated carbocycles. The maximum atomic E-state index is 13.3. The Kier molecular flexibility index (Phi) is 4.66. The second-order valence-electron chi connectivity index (χ2n) is 3.43. The van der Waals surface area contributed by atoms with E-state index in [1.165, 1.54) is 13.0 Å². The number of alkyl halides is 3. The van der Waals surface area contributed by atoms with Crippen molar-refractivity contribution in [3.63, 3.8) is 0 Å². The standard InChI is InChI=1S/C11H10F4O3/c1-7(16)8-2-3-10(9(12)4-8)18-6-17-5-11(13,14)15/h2-4H,5-6H2,1H3. The minimum atomic E-state index is -4.46. The van der Waals surface area contributed by atoms with Crippen molar-refractivity contribution in [2.45, 2.75) is 13.1 Å². The van der Waals surface area contributed by atoms with Gasteiger partial charge in [-0.05, 0) is 25.1 Å². The molecular formula is C11H10F4O3. The van der Waals surface area contributed by atoms with Crippen molar-refractivity contribution < 1.29 is 31.8 Å². The van der Waals surface area contributed by atoms with E-state index < -0.39 is 25.4 Å². The van der Waals surface area contributed by atoms with Crippen LogP contribution in [0.5, 0.6) is 5.75 Å². The molecule has 0 saturated heterocycles. The van der Waals surface area contributed by atoms with Gasteiger partial charge >= 0.3 is 6.18 Å². The summed E-state index contributed by atoms with van der Waals surface area (Å²) in [5.74, 6) is -1.44. The van der Waals surface area contributed by atoms with Crippen molar-refractivity contribution >= 4 is 5.78 Å². The van der Waals surface area contributed by atoms with E-state index in [1.54, 1.807) is 0 Å². The fraction of sp³-hybridized carbons (Fsp3) is 0.364. The van der Waals surface area contributed by atoms with E-state index in [0.717, 1.165) is 12.1 Å². The van der Waals surface area contributed by atoms with Gasteiger partial charge in [-0.25, -0.2) is 4.39 Å². The predicted octanol–water partition coefficient (Wildman–Crippen LogP) is 2.94. The lowest BCUT2D eigenvalue weighted by molar-refractivity contribution is -0.187. The number of hydrogen-bond acceptors (Lipinski definition) is 3. The fourth-order valence-electron chi connectivity index (χ4n) is 1.10. The van der Waals surface area contributed by atoms with Gasteiger partial charge in [0.2, 0.25) is 0 Å². The quantitative estimate of drug-likeness (QED) is 0.356. The van der Waals surface area contributed by atoms with Gasteiger partial charge in [-0.15, -0.1) is 0 Å². The first-order valence-electron chi connectivity index (χ1n) is 4.87. The molecule has 100 valence electrons. The van der Waals surface area contributed by atoms with Crippen LogP contribution in [0.25, 0.3) is 0 Å². The van der Waals surface area contributed by atoms with Crippen molar-refractivity contribution in [1.29, 1.82) is 0 Å². The zero-order chi connectivity index (χ0) is 13.8. The molecule has 7 heteroatoms. The average molecular weight is 266 g/mol. The molecule has 1 rings (SSSR count). The lowest BCUT2D eigenvalue weighted by atomic mass is 10.1. The Labute approximate surface area is 100 Å². The molecule has 0 fully saturated rings. The number of benzene rings is 1. The normalized spacial score (nSPS) is 11.4. The van der Waals surface area contributed by atoms with E-state index in [1.807, 2.05) is 0 Å². The molecule has 1 aromatic carbocycles. The van der Waals surface area contributed by atoms with Crippen molar-refractivity contribution in [3.05, 3.63) is 29.6 Å². The third-order valence-electron chi connectivity index (χ3n) is 1.90. The maximum Gasteiger partial charge on any atom is 0.411 e. The van der Waals surface area contributed by atoms with Gasteiger partial charge in [-0.3, -0.25) is 4.79 Å². The Balaban J connectivity index is 2.51. The zero-order valence-corrected chi connectivity index (χ0v) is 9.38. The molecule has 0 aromatic heterocycles. The summed E-state index contributed by atoms with van der Waals surface area (Å²) < 4.78 is 57.3. The lowest BCUT2D eigenvalue weighted by Gasteiger charge is -2.10. The van der Waals surface area contributed by atoms with Crippen LogP contribution in [0.4, 0.5) is 17.6 Å². The van der Waals surface area contributed by atoms with Gasteiger partial charge in [0, 0.05) is 5.56 Å². The summed E-state index contributed by atoms with van der Waals surface area (Å²) in [5, 5.41) is 0. The van der Waals surface area contributed by atoms with Crippen molar-refractivity contribution in [3.8, 4) is 5.75 Å². The van der Waals surface area contributed by atoms with Gasteiger partial charge in [-0.2, -0.15) is 13.2 Å². The summed E-state index contributed by atoms with van der Waals surface area (Å²) in [6.07, 6.45) is -4.46. The number of carbonyl (C=O) groups excluding carboxylic acids is 1. The van der Waals surface area contributed by atoms with Crippen LogP contribution in [0.3, 0.4) is 0 Å². The molecule has 1 aromatic rings. The summed E-state index contributed by atoms with van der Waals surface area (Å²) >= 11 is 0. The zero-order valence-electron chi connectivity index (χ0n) is 9.38. The maximum absolute atomic E-state index is 13.3. The highest BCUT2D eigenvalue weighted by atomic mass is 19.4. The molecule has 18 heavy (non-hydrogen) atoms. The Morgan fingerprint density at radius 3 is 2.50 bits per heavy atom. The number of ketones is 1. The summed E-state index contributed by atoms with van der Waals surface area (Å²) in [6.45, 7) is -0.933. The lowest BCUT2D eigenvalue weighted by Crippen LogP contribution is -2.19. The highest BCUT2D eigenvalue weighted by Gasteiger charge is 2.27. The summed E-state index contributed by atoms with van der Waals surface area (Å²) in [6, 6.07) is 3.41. The van der Waals surface area contributed by atoms with Gasteiger partial charge in [0.1, 0.15) is 6.61 Å². The van der Waals surface area contributed by atoms with E-state index >= 15 is 0 Å². The van der Waals surface area contributed by atoms with Gasteiger partial charge in [0.25, 0.3) is 0 Å². The second-order valence-corrected chi connectivity index (χ2v) is 3.43. The van der Waals surface area contributed by atoms with Crippen LogP contribution in [0.2, 0.25) is 0 Å². The third-order valence-corrected chi connectivity index (χ3v) is 1.90. The Bertz CT molecular complexity index is 429. The summed E-state index contributed by atoms with van der Waals surface area (Å²) in [5.41, 5.74) is 0.149. The van der Waals surface area contributed by atoms with Crippen molar-refractivity contribution in [2.75, 3.05) is 13.4 Å². The fourth-order valence-corrected chi connectivity index (χ4v) is 1.10. The molecule has 0 N–H and O–H groups in total. The van der Waals surface area contributed by atoms with Crippen LogP contribution in [0, 0.1) is 5.82 Å². The van der Waals surface area contributed by atoms with E-state index in [2.05, 4.69) is 9.47 Å². The Morgan fingerprint density at radius 1 is 1.33 bits per heavy atom. The van der Waals surface area contributed by atoms with Crippen LogP contribution in [0.1, 0.15) is 17.3 Å². The minimum Gasteiger partial charge on any atom is -0.464 e. The first-order valence-corrected chi connectivity index (χ1v) is 4.87. The number of carbonyl (C=O) groups is 1. The molecular weight excluding hydrogens is 256 g/mol. The van der Waals surface area contributed by atoms with E-state index in [-0.39, 0.29) is 17.1 Å². The molecule has 0 aliphatic carbocycles. The first kappa shape index (κ1) is 14.4. The number of hydrogen-bond donors (Lipinski definition) is 0. The third kappa shape index (κ3) is 4.70. The van der Waals surface area contributed by atoms with Crippen LogP contribution < -0.4 is 4.74 Å². The molecule has 0 bridgehead atoms. The van der Waals surface area contributed by atoms with Crippen LogP contribution in [-0.2, 0) is 4.74 Å². The SMILES string of the molecule is CC(=O)c1ccc(OCOCC(F)(F)F)c(F)c1. The second kappa shape index (κ2) is 5.81. The van der Waals surface area contributed by atoms with Gasteiger partial charge in [0.15, 0.2) is 24.1 Å². The van der Waals surface area contributed by atoms with Crippen LogP contribution in [-0.4, -0.2) is 25.4 Å². The largest absolute Gasteiger partial charge is 0.464 e. The predicted molar refractivity (Wildman–Crippen MR) is 53.9 cm³/mol. The van der Waals surface area contributed by atoms with Crippen LogP contribution >= 0.6 is 0 Å². The van der Waals surface area contributed by atoms with Gasteiger partial charge in [0.05, 0.1) is 0 Å². The molecule has 3 nitrogen and oxygen atoms in total. The Morgan fingerprint density at radius 2 is 2.00 bits per heavy atom. The average Bonchev–Trinajstić information content (AvgIpc) is 2.24. The number of rotatable bonds is 5. The Hall–Kier alpha value is -1.63. The number of halogens is 4. The van der Waals surface area contributed by atoms with Crippen molar-refractivity contribution in [2.24, 2.45) is 0 Å². The number of Topliss-reactive ketones (excluding diaryl/α,β-unsaturated/α-hetero) is 1. The molecule has 0 heterocycles. The van der Waals surface area contributed by atoms with Crippen molar-refractivity contribution in [1.82, 2.24) is 0 Å². The monoisotopic (exact) mass is 266 g/mol. The van der Waals surface area contributed by atoms with E-state index in [4.69, 9.17) is 0 Å².